The average Bonchev–Trinajstić information content (AvgIpc) is 2.57. The predicted octanol–water partition coefficient (Wildman–Crippen LogP) is 4.20. The van der Waals surface area contributed by atoms with Gasteiger partial charge in [-0.25, -0.2) is 13.6 Å². The smallest absolute Gasteiger partial charge is 0.410 e. The average molecular weight is 339 g/mol. The van der Waals surface area contributed by atoms with Crippen molar-refractivity contribution in [1.29, 1.82) is 0 Å². The number of aliphatic hydroxyl groups excluding tert-OH is 1. The number of alkyl halides is 2. The molecule has 1 heterocycles. The molecule has 0 radical (unpaired) electrons. The lowest BCUT2D eigenvalue weighted by molar-refractivity contribution is -0.0908. The van der Waals surface area contributed by atoms with E-state index in [0.717, 1.165) is 12.0 Å². The molecule has 0 aromatic heterocycles. The molecule has 6 heteroatoms. The number of rotatable bonds is 3. The molecular formula is C18H23F2NO3. The molecule has 4 nitrogen and oxygen atoms in total. The van der Waals surface area contributed by atoms with Crippen molar-refractivity contribution in [2.45, 2.75) is 63.2 Å². The van der Waals surface area contributed by atoms with Gasteiger partial charge in [0.05, 0.1) is 12.1 Å². The van der Waals surface area contributed by atoms with Crippen molar-refractivity contribution >= 4 is 6.09 Å². The SMILES string of the molecule is C[C@@H](c1ccc(C(F)F)cc1)N1CCC2(CCC(O)CC2)OC1=O. The number of carbonyl (C=O) groups excluding carboxylic acids is 1. The Morgan fingerprint density at radius 2 is 1.75 bits per heavy atom. The zero-order chi connectivity index (χ0) is 17.3. The molecule has 1 saturated carbocycles. The molecule has 1 spiro atoms. The Balaban J connectivity index is 1.66. The Kier molecular flexibility index (Phi) is 4.76. The maximum absolute atomic E-state index is 12.6. The summed E-state index contributed by atoms with van der Waals surface area (Å²) in [5.74, 6) is 0. The molecular weight excluding hydrogens is 316 g/mol. The van der Waals surface area contributed by atoms with E-state index in [1.54, 1.807) is 17.0 Å². The van der Waals surface area contributed by atoms with Crippen LogP contribution in [-0.4, -0.2) is 34.3 Å². The van der Waals surface area contributed by atoms with Gasteiger partial charge in [0, 0.05) is 18.5 Å². The van der Waals surface area contributed by atoms with E-state index in [1.807, 2.05) is 6.92 Å². The third-order valence-electron chi connectivity index (χ3n) is 5.35. The minimum absolute atomic E-state index is 0.0214. The summed E-state index contributed by atoms with van der Waals surface area (Å²) in [6.45, 7) is 2.45. The topological polar surface area (TPSA) is 49.8 Å². The van der Waals surface area contributed by atoms with Gasteiger partial charge in [-0.3, -0.25) is 0 Å². The van der Waals surface area contributed by atoms with Gasteiger partial charge in [0.15, 0.2) is 0 Å². The Morgan fingerprint density at radius 3 is 2.29 bits per heavy atom. The molecule has 1 aromatic rings. The second-order valence-electron chi connectivity index (χ2n) is 6.87. The summed E-state index contributed by atoms with van der Waals surface area (Å²) in [6.07, 6.45) is 0.329. The first kappa shape index (κ1) is 17.1. The van der Waals surface area contributed by atoms with E-state index >= 15 is 0 Å². The molecule has 1 amide bonds. The fourth-order valence-corrected chi connectivity index (χ4v) is 3.64. The molecule has 0 unspecified atom stereocenters. The number of halogens is 2. The number of amides is 1. The van der Waals surface area contributed by atoms with E-state index in [2.05, 4.69) is 0 Å². The second kappa shape index (κ2) is 6.67. The summed E-state index contributed by atoms with van der Waals surface area (Å²) >= 11 is 0. The molecule has 1 aromatic carbocycles. The number of hydrogen-bond acceptors (Lipinski definition) is 3. The van der Waals surface area contributed by atoms with E-state index < -0.39 is 12.0 Å². The van der Waals surface area contributed by atoms with Crippen molar-refractivity contribution < 1.29 is 23.4 Å². The maximum atomic E-state index is 12.6. The lowest BCUT2D eigenvalue weighted by atomic mass is 9.80. The molecule has 0 bridgehead atoms. The molecule has 1 aliphatic heterocycles. The fourth-order valence-electron chi connectivity index (χ4n) is 3.64. The van der Waals surface area contributed by atoms with Gasteiger partial charge in [0.1, 0.15) is 5.60 Å². The molecule has 3 rings (SSSR count). The van der Waals surface area contributed by atoms with Crippen LogP contribution < -0.4 is 0 Å². The maximum Gasteiger partial charge on any atom is 0.410 e. The second-order valence-corrected chi connectivity index (χ2v) is 6.87. The standard InChI is InChI=1S/C18H23F2NO3/c1-12(13-2-4-14(5-3-13)16(19)20)21-11-10-18(24-17(21)23)8-6-15(22)7-9-18/h2-5,12,15-16,22H,6-11H2,1H3/t12-,15?,18?/m0/s1. The molecule has 1 N–H and O–H groups in total. The molecule has 1 saturated heterocycles. The Hall–Kier alpha value is -1.69. The minimum Gasteiger partial charge on any atom is -0.443 e. The summed E-state index contributed by atoms with van der Waals surface area (Å²) < 4.78 is 31.0. The van der Waals surface area contributed by atoms with Crippen LogP contribution in [0, 0.1) is 0 Å². The van der Waals surface area contributed by atoms with E-state index in [4.69, 9.17) is 4.74 Å². The highest BCUT2D eigenvalue weighted by Crippen LogP contribution is 2.39. The van der Waals surface area contributed by atoms with Crippen LogP contribution in [0.3, 0.4) is 0 Å². The first-order chi connectivity index (χ1) is 11.4. The van der Waals surface area contributed by atoms with Crippen molar-refractivity contribution in [3.63, 3.8) is 0 Å². The fraction of sp³-hybridized carbons (Fsp3) is 0.611. The minimum atomic E-state index is -2.49. The molecule has 2 fully saturated rings. The van der Waals surface area contributed by atoms with Gasteiger partial charge in [-0.1, -0.05) is 24.3 Å². The van der Waals surface area contributed by atoms with Crippen molar-refractivity contribution in [3.8, 4) is 0 Å². The first-order valence-electron chi connectivity index (χ1n) is 8.46. The van der Waals surface area contributed by atoms with Gasteiger partial charge in [-0.05, 0) is 38.2 Å². The van der Waals surface area contributed by atoms with Gasteiger partial charge in [-0.2, -0.15) is 0 Å². The van der Waals surface area contributed by atoms with E-state index in [1.165, 1.54) is 12.1 Å². The first-order valence-corrected chi connectivity index (χ1v) is 8.46. The number of ether oxygens (including phenoxy) is 1. The lowest BCUT2D eigenvalue weighted by Crippen LogP contribution is -2.52. The monoisotopic (exact) mass is 339 g/mol. The van der Waals surface area contributed by atoms with Crippen molar-refractivity contribution in [1.82, 2.24) is 4.90 Å². The predicted molar refractivity (Wildman–Crippen MR) is 84.8 cm³/mol. The van der Waals surface area contributed by atoms with Crippen LogP contribution in [0.4, 0.5) is 13.6 Å². The third kappa shape index (κ3) is 3.38. The number of aliphatic hydroxyl groups is 1. The highest BCUT2D eigenvalue weighted by Gasteiger charge is 2.44. The highest BCUT2D eigenvalue weighted by molar-refractivity contribution is 5.69. The number of benzene rings is 1. The summed E-state index contributed by atoms with van der Waals surface area (Å²) in [4.78, 5) is 14.1. The largest absolute Gasteiger partial charge is 0.443 e. The Labute approximate surface area is 140 Å². The van der Waals surface area contributed by atoms with Crippen molar-refractivity contribution in [3.05, 3.63) is 35.4 Å². The molecule has 2 aliphatic rings. The van der Waals surface area contributed by atoms with Crippen LogP contribution in [-0.2, 0) is 4.74 Å². The number of hydrogen-bond donors (Lipinski definition) is 1. The summed E-state index contributed by atoms with van der Waals surface area (Å²) in [5.41, 5.74) is 0.352. The van der Waals surface area contributed by atoms with Crippen LogP contribution in [0.25, 0.3) is 0 Å². The van der Waals surface area contributed by atoms with Crippen LogP contribution >= 0.6 is 0 Å². The zero-order valence-corrected chi connectivity index (χ0v) is 13.8. The molecule has 132 valence electrons. The van der Waals surface area contributed by atoms with E-state index in [0.29, 0.717) is 32.2 Å². The summed E-state index contributed by atoms with van der Waals surface area (Å²) in [6, 6.07) is 5.85. The molecule has 1 atom stereocenters. The van der Waals surface area contributed by atoms with Gasteiger partial charge in [-0.15, -0.1) is 0 Å². The quantitative estimate of drug-likeness (QED) is 0.898. The van der Waals surface area contributed by atoms with Crippen LogP contribution in [0.2, 0.25) is 0 Å². The van der Waals surface area contributed by atoms with Crippen LogP contribution in [0.5, 0.6) is 0 Å². The van der Waals surface area contributed by atoms with Gasteiger partial charge in [0.25, 0.3) is 6.43 Å². The Bertz CT molecular complexity index is 582. The van der Waals surface area contributed by atoms with Gasteiger partial charge in [0.2, 0.25) is 0 Å². The van der Waals surface area contributed by atoms with E-state index in [-0.39, 0.29) is 23.8 Å². The number of carbonyl (C=O) groups is 1. The van der Waals surface area contributed by atoms with Gasteiger partial charge >= 0.3 is 6.09 Å². The molecule has 24 heavy (non-hydrogen) atoms. The van der Waals surface area contributed by atoms with E-state index in [9.17, 15) is 18.7 Å². The lowest BCUT2D eigenvalue weighted by Gasteiger charge is -2.45. The summed E-state index contributed by atoms with van der Waals surface area (Å²) in [7, 11) is 0. The van der Waals surface area contributed by atoms with Crippen LogP contribution in [0.15, 0.2) is 24.3 Å². The third-order valence-corrected chi connectivity index (χ3v) is 5.35. The van der Waals surface area contributed by atoms with Crippen molar-refractivity contribution in [2.75, 3.05) is 6.54 Å². The molecule has 1 aliphatic carbocycles. The normalized spacial score (nSPS) is 29.0. The van der Waals surface area contributed by atoms with Crippen molar-refractivity contribution in [2.24, 2.45) is 0 Å². The summed E-state index contributed by atoms with van der Waals surface area (Å²) in [5, 5.41) is 9.64. The highest BCUT2D eigenvalue weighted by atomic mass is 19.3. The van der Waals surface area contributed by atoms with Crippen LogP contribution in [0.1, 0.15) is 62.6 Å². The Morgan fingerprint density at radius 1 is 1.17 bits per heavy atom. The zero-order valence-electron chi connectivity index (χ0n) is 13.8. The number of nitrogens with zero attached hydrogens (tertiary/aromatic N) is 1. The van der Waals surface area contributed by atoms with Gasteiger partial charge < -0.3 is 14.7 Å².